The highest BCUT2D eigenvalue weighted by molar-refractivity contribution is 5.88. The molecule has 10 nitrogen and oxygen atoms in total. The number of amides is 1. The smallest absolute Gasteiger partial charge is 0.258 e. The Bertz CT molecular complexity index is 1350. The van der Waals surface area contributed by atoms with Crippen LogP contribution in [-0.2, 0) is 17.4 Å². The summed E-state index contributed by atoms with van der Waals surface area (Å²) in [5, 5.41) is 23.2. The third-order valence-electron chi connectivity index (χ3n) is 6.26. The summed E-state index contributed by atoms with van der Waals surface area (Å²) in [6, 6.07) is 12.9. The van der Waals surface area contributed by atoms with Gasteiger partial charge >= 0.3 is 0 Å². The van der Waals surface area contributed by atoms with E-state index in [1.807, 2.05) is 55.2 Å². The summed E-state index contributed by atoms with van der Waals surface area (Å²) in [5.41, 5.74) is 1.62. The summed E-state index contributed by atoms with van der Waals surface area (Å²) in [7, 11) is 3.60. The number of aromatic nitrogens is 6. The Morgan fingerprint density at radius 3 is 2.74 bits per heavy atom. The molecule has 5 rings (SSSR count). The number of aryl methyl sites for hydroxylation is 1. The van der Waals surface area contributed by atoms with Crippen molar-refractivity contribution in [3.8, 4) is 17.1 Å². The van der Waals surface area contributed by atoms with Crippen molar-refractivity contribution in [2.75, 3.05) is 18.9 Å². The molecule has 4 heterocycles. The van der Waals surface area contributed by atoms with E-state index in [1.54, 1.807) is 41.2 Å². The van der Waals surface area contributed by atoms with Crippen LogP contribution in [-0.4, -0.2) is 59.0 Å². The molecule has 1 aliphatic rings. The molecule has 0 spiro atoms. The Morgan fingerprint density at radius 1 is 1.15 bits per heavy atom. The average Bonchev–Trinajstić information content (AvgIpc) is 3.57. The van der Waals surface area contributed by atoms with Crippen LogP contribution >= 0.6 is 0 Å². The Balaban J connectivity index is 1.38. The lowest BCUT2D eigenvalue weighted by molar-refractivity contribution is -0.143. The fourth-order valence-electron chi connectivity index (χ4n) is 4.29. The number of nitrogens with one attached hydrogen (secondary N) is 1. The number of hydrogen-bond acceptors (Lipinski definition) is 7. The number of rotatable bonds is 6. The summed E-state index contributed by atoms with van der Waals surface area (Å²) in [5.74, 6) is 0.816. The van der Waals surface area contributed by atoms with Gasteiger partial charge in [-0.2, -0.15) is 15.2 Å². The van der Waals surface area contributed by atoms with Crippen LogP contribution in [0.2, 0.25) is 0 Å². The van der Waals surface area contributed by atoms with Crippen molar-refractivity contribution in [2.24, 2.45) is 7.05 Å². The Labute approximate surface area is 196 Å². The van der Waals surface area contributed by atoms with Crippen LogP contribution in [0.4, 0.5) is 5.95 Å². The molecule has 0 unspecified atom stereocenters. The summed E-state index contributed by atoms with van der Waals surface area (Å²) < 4.78 is 3.48. The number of likely N-dealkylation sites (tertiary alicyclic amines) is 1. The topological polar surface area (TPSA) is 114 Å². The largest absolute Gasteiger partial charge is 0.375 e. The second kappa shape index (κ2) is 8.38. The van der Waals surface area contributed by atoms with Gasteiger partial charge in [0.25, 0.3) is 5.91 Å². The SMILES string of the molecule is C[C@H](Nc1nccc(-n2ccc(-c3cccc([C@]4(O)CCN(C)C4=O)c3)n2)n1)c1ccnn1C. The fourth-order valence-corrected chi connectivity index (χ4v) is 4.29. The molecule has 0 bridgehead atoms. The number of carbonyl (C=O) groups is 1. The molecule has 10 heteroatoms. The molecule has 2 N–H and O–H groups in total. The van der Waals surface area contributed by atoms with Gasteiger partial charge in [-0.05, 0) is 30.7 Å². The van der Waals surface area contributed by atoms with Gasteiger partial charge in [0.05, 0.1) is 17.4 Å². The molecule has 3 aromatic heterocycles. The van der Waals surface area contributed by atoms with Crippen molar-refractivity contribution in [1.29, 1.82) is 0 Å². The minimum Gasteiger partial charge on any atom is -0.375 e. The van der Waals surface area contributed by atoms with Crippen molar-refractivity contribution >= 4 is 11.9 Å². The first-order chi connectivity index (χ1) is 16.3. The average molecular weight is 459 g/mol. The van der Waals surface area contributed by atoms with E-state index in [0.717, 1.165) is 11.3 Å². The zero-order valence-electron chi connectivity index (χ0n) is 19.3. The number of likely N-dealkylation sites (N-methyl/N-ethyl adjacent to an activating group) is 1. The third kappa shape index (κ3) is 3.81. The molecule has 2 atom stereocenters. The highest BCUT2D eigenvalue weighted by atomic mass is 16.3. The van der Waals surface area contributed by atoms with Crippen LogP contribution in [0.15, 0.2) is 61.1 Å². The molecule has 1 aromatic carbocycles. The van der Waals surface area contributed by atoms with Crippen molar-refractivity contribution in [3.63, 3.8) is 0 Å². The summed E-state index contributed by atoms with van der Waals surface area (Å²) in [6.45, 7) is 2.55. The molecule has 1 saturated heterocycles. The molecule has 0 aliphatic carbocycles. The molecular weight excluding hydrogens is 432 g/mol. The molecule has 1 aliphatic heterocycles. The standard InChI is InChI=1S/C24H26N8O2/c1-16(20-7-12-26-31(20)3)27-23-25-11-8-21(28-23)32-13-9-19(29-32)17-5-4-6-18(15-17)24(34)10-14-30(2)22(24)33/h4-9,11-13,15-16,34H,10,14H2,1-3H3,(H,25,27,28)/t16-,24+/m0/s1. The predicted octanol–water partition coefficient (Wildman–Crippen LogP) is 2.29. The van der Waals surface area contributed by atoms with Crippen molar-refractivity contribution in [2.45, 2.75) is 25.0 Å². The molecule has 0 saturated carbocycles. The van der Waals surface area contributed by atoms with E-state index >= 15 is 0 Å². The van der Waals surface area contributed by atoms with E-state index < -0.39 is 5.60 Å². The molecule has 4 aromatic rings. The number of nitrogens with zero attached hydrogens (tertiary/aromatic N) is 7. The predicted molar refractivity (Wildman–Crippen MR) is 126 cm³/mol. The number of carbonyl (C=O) groups excluding carboxylic acids is 1. The van der Waals surface area contributed by atoms with Gasteiger partial charge in [-0.1, -0.05) is 18.2 Å². The van der Waals surface area contributed by atoms with Crippen LogP contribution in [0.3, 0.4) is 0 Å². The third-order valence-corrected chi connectivity index (χ3v) is 6.26. The van der Waals surface area contributed by atoms with Crippen LogP contribution in [0.1, 0.15) is 30.6 Å². The summed E-state index contributed by atoms with van der Waals surface area (Å²) in [4.78, 5) is 23.0. The Hall–Kier alpha value is -4.05. The minimum atomic E-state index is -1.49. The first-order valence-electron chi connectivity index (χ1n) is 11.1. The van der Waals surface area contributed by atoms with Crippen molar-refractivity contribution in [1.82, 2.24) is 34.4 Å². The Morgan fingerprint density at radius 2 is 2.00 bits per heavy atom. The normalized spacial score (nSPS) is 18.9. The van der Waals surface area contributed by atoms with E-state index in [0.29, 0.717) is 36.0 Å². The van der Waals surface area contributed by atoms with Gasteiger partial charge in [0.1, 0.15) is 0 Å². The van der Waals surface area contributed by atoms with Crippen LogP contribution in [0.25, 0.3) is 17.1 Å². The minimum absolute atomic E-state index is 0.0261. The maximum Gasteiger partial charge on any atom is 0.258 e. The van der Waals surface area contributed by atoms with E-state index in [1.165, 1.54) is 0 Å². The molecule has 0 radical (unpaired) electrons. The van der Waals surface area contributed by atoms with E-state index in [4.69, 9.17) is 0 Å². The highest BCUT2D eigenvalue weighted by Crippen LogP contribution is 2.34. The fraction of sp³-hybridized carbons (Fsp3) is 0.292. The monoisotopic (exact) mass is 458 g/mol. The van der Waals surface area contributed by atoms with Crippen LogP contribution in [0, 0.1) is 0 Å². The first kappa shape index (κ1) is 21.8. The van der Waals surface area contributed by atoms with Crippen molar-refractivity contribution < 1.29 is 9.90 Å². The zero-order chi connectivity index (χ0) is 23.9. The molecular formula is C24H26N8O2. The number of anilines is 1. The summed E-state index contributed by atoms with van der Waals surface area (Å²) >= 11 is 0. The van der Waals surface area contributed by atoms with E-state index in [2.05, 4.69) is 25.5 Å². The maximum absolute atomic E-state index is 12.5. The zero-order valence-corrected chi connectivity index (χ0v) is 19.3. The van der Waals surface area contributed by atoms with Crippen LogP contribution in [0.5, 0.6) is 0 Å². The lowest BCUT2D eigenvalue weighted by atomic mass is 9.90. The summed E-state index contributed by atoms with van der Waals surface area (Å²) in [6.07, 6.45) is 5.63. The van der Waals surface area contributed by atoms with Gasteiger partial charge in [-0.25, -0.2) is 9.67 Å². The maximum atomic E-state index is 12.5. The molecule has 1 fully saturated rings. The van der Waals surface area contributed by atoms with Crippen molar-refractivity contribution in [3.05, 3.63) is 72.3 Å². The second-order valence-electron chi connectivity index (χ2n) is 8.55. The van der Waals surface area contributed by atoms with Gasteiger partial charge in [-0.3, -0.25) is 9.48 Å². The quantitative estimate of drug-likeness (QED) is 0.456. The number of hydrogen-bond donors (Lipinski definition) is 2. The molecule has 34 heavy (non-hydrogen) atoms. The lowest BCUT2D eigenvalue weighted by Crippen LogP contribution is -2.36. The Kier molecular flexibility index (Phi) is 5.37. The number of benzene rings is 1. The van der Waals surface area contributed by atoms with Gasteiger partial charge in [0.2, 0.25) is 5.95 Å². The van der Waals surface area contributed by atoms with Gasteiger partial charge in [-0.15, -0.1) is 0 Å². The highest BCUT2D eigenvalue weighted by Gasteiger charge is 2.45. The second-order valence-corrected chi connectivity index (χ2v) is 8.55. The van der Waals surface area contributed by atoms with Gasteiger partial charge in [0.15, 0.2) is 11.4 Å². The lowest BCUT2D eigenvalue weighted by Gasteiger charge is -2.21. The van der Waals surface area contributed by atoms with Crippen LogP contribution < -0.4 is 5.32 Å². The molecule has 1 amide bonds. The van der Waals surface area contributed by atoms with E-state index in [-0.39, 0.29) is 11.9 Å². The van der Waals surface area contributed by atoms with E-state index in [9.17, 15) is 9.90 Å². The first-order valence-corrected chi connectivity index (χ1v) is 11.1. The van der Waals surface area contributed by atoms with Gasteiger partial charge in [0, 0.05) is 57.3 Å². The molecule has 174 valence electrons. The van der Waals surface area contributed by atoms with Gasteiger partial charge < -0.3 is 15.3 Å². The number of aliphatic hydroxyl groups is 1.